The molecule has 1 aliphatic rings. The van der Waals surface area contributed by atoms with E-state index in [4.69, 9.17) is 9.47 Å². The van der Waals surface area contributed by atoms with Gasteiger partial charge in [0.2, 0.25) is 0 Å². The summed E-state index contributed by atoms with van der Waals surface area (Å²) in [6, 6.07) is 0. The van der Waals surface area contributed by atoms with E-state index in [-0.39, 0.29) is 17.5 Å². The largest absolute Gasteiger partial charge is 0.469 e. The second-order valence-electron chi connectivity index (χ2n) is 8.95. The first-order chi connectivity index (χ1) is 11.6. The van der Waals surface area contributed by atoms with Crippen LogP contribution in [0.2, 0.25) is 0 Å². The maximum absolute atomic E-state index is 12.9. The van der Waals surface area contributed by atoms with E-state index in [1.807, 2.05) is 27.7 Å². The maximum atomic E-state index is 12.9. The summed E-state index contributed by atoms with van der Waals surface area (Å²) in [6.07, 6.45) is 10.1. The second kappa shape index (κ2) is 9.05. The van der Waals surface area contributed by atoms with E-state index in [1.54, 1.807) is 0 Å². The number of methoxy groups -OCH3 is 1. The van der Waals surface area contributed by atoms with Crippen LogP contribution in [0.1, 0.15) is 98.8 Å². The number of hydrogen-bond donors (Lipinski definition) is 0. The molecule has 1 fully saturated rings. The van der Waals surface area contributed by atoms with Gasteiger partial charge in [0, 0.05) is 0 Å². The number of esters is 2. The summed E-state index contributed by atoms with van der Waals surface area (Å²) >= 11 is 0. The Balaban J connectivity index is 2.73. The van der Waals surface area contributed by atoms with Gasteiger partial charge in [-0.05, 0) is 72.6 Å². The van der Waals surface area contributed by atoms with E-state index < -0.39 is 10.8 Å². The standard InChI is InChI=1S/C21H38O4/c1-7-21(13-11-9-8-10-12-14-21)25-18(23)20(4,5)16-15-19(2,3)17(22)24-6/h7-16H2,1-6H3. The summed E-state index contributed by atoms with van der Waals surface area (Å²) in [4.78, 5) is 24.8. The second-order valence-corrected chi connectivity index (χ2v) is 8.95. The molecule has 146 valence electrons. The summed E-state index contributed by atoms with van der Waals surface area (Å²) in [6.45, 7) is 9.71. The highest BCUT2D eigenvalue weighted by Gasteiger charge is 2.40. The Hall–Kier alpha value is -1.06. The average Bonchev–Trinajstić information content (AvgIpc) is 2.55. The quantitative estimate of drug-likeness (QED) is 0.572. The van der Waals surface area contributed by atoms with Gasteiger partial charge in [-0.3, -0.25) is 9.59 Å². The van der Waals surface area contributed by atoms with E-state index in [2.05, 4.69) is 6.92 Å². The van der Waals surface area contributed by atoms with Crippen LogP contribution in [0, 0.1) is 10.8 Å². The van der Waals surface area contributed by atoms with Gasteiger partial charge in [0.05, 0.1) is 17.9 Å². The molecule has 0 unspecified atom stereocenters. The summed E-state index contributed by atoms with van der Waals surface area (Å²) in [7, 11) is 1.41. The molecule has 0 aromatic heterocycles. The molecule has 1 aliphatic carbocycles. The number of carbonyl (C=O) groups is 2. The molecule has 0 saturated heterocycles. The van der Waals surface area contributed by atoms with E-state index >= 15 is 0 Å². The van der Waals surface area contributed by atoms with Gasteiger partial charge in [-0.25, -0.2) is 0 Å². The smallest absolute Gasteiger partial charge is 0.312 e. The molecule has 25 heavy (non-hydrogen) atoms. The van der Waals surface area contributed by atoms with Gasteiger partial charge >= 0.3 is 11.9 Å². The Morgan fingerprint density at radius 2 is 1.28 bits per heavy atom. The molecule has 0 N–H and O–H groups in total. The van der Waals surface area contributed by atoms with Crippen molar-refractivity contribution in [1.82, 2.24) is 0 Å². The summed E-state index contributed by atoms with van der Waals surface area (Å²) in [5, 5.41) is 0. The predicted molar refractivity (Wildman–Crippen MR) is 100 cm³/mol. The topological polar surface area (TPSA) is 52.6 Å². The van der Waals surface area contributed by atoms with Crippen molar-refractivity contribution in [2.75, 3.05) is 7.11 Å². The van der Waals surface area contributed by atoms with Gasteiger partial charge in [-0.1, -0.05) is 26.2 Å². The van der Waals surface area contributed by atoms with Crippen molar-refractivity contribution in [3.8, 4) is 0 Å². The minimum absolute atomic E-state index is 0.129. The fourth-order valence-electron chi connectivity index (χ4n) is 3.52. The zero-order valence-corrected chi connectivity index (χ0v) is 17.2. The van der Waals surface area contributed by atoms with E-state index in [0.717, 1.165) is 32.1 Å². The van der Waals surface area contributed by atoms with Crippen molar-refractivity contribution >= 4 is 11.9 Å². The molecule has 4 nitrogen and oxygen atoms in total. The highest BCUT2D eigenvalue weighted by molar-refractivity contribution is 5.77. The Morgan fingerprint density at radius 1 is 0.840 bits per heavy atom. The molecule has 0 atom stereocenters. The molecule has 1 rings (SSSR count). The van der Waals surface area contributed by atoms with Crippen LogP contribution in [0.5, 0.6) is 0 Å². The Morgan fingerprint density at radius 3 is 1.72 bits per heavy atom. The van der Waals surface area contributed by atoms with Crippen LogP contribution in [0.4, 0.5) is 0 Å². The lowest BCUT2D eigenvalue weighted by Crippen LogP contribution is -2.40. The van der Waals surface area contributed by atoms with Gasteiger partial charge in [-0.15, -0.1) is 0 Å². The lowest BCUT2D eigenvalue weighted by atomic mass is 9.78. The summed E-state index contributed by atoms with van der Waals surface area (Å²) in [5.41, 5.74) is -1.49. The van der Waals surface area contributed by atoms with E-state index in [9.17, 15) is 9.59 Å². The van der Waals surface area contributed by atoms with Crippen molar-refractivity contribution in [3.63, 3.8) is 0 Å². The van der Waals surface area contributed by atoms with Crippen LogP contribution in [-0.2, 0) is 19.1 Å². The average molecular weight is 355 g/mol. The van der Waals surface area contributed by atoms with Gasteiger partial charge in [0.1, 0.15) is 5.60 Å². The van der Waals surface area contributed by atoms with Crippen LogP contribution in [0.15, 0.2) is 0 Å². The van der Waals surface area contributed by atoms with Gasteiger partial charge in [0.15, 0.2) is 0 Å². The van der Waals surface area contributed by atoms with Crippen LogP contribution in [-0.4, -0.2) is 24.6 Å². The molecule has 4 heteroatoms. The minimum Gasteiger partial charge on any atom is -0.469 e. The molecule has 0 amide bonds. The van der Waals surface area contributed by atoms with Gasteiger partial charge in [0.25, 0.3) is 0 Å². The van der Waals surface area contributed by atoms with Crippen LogP contribution in [0.25, 0.3) is 0 Å². The number of carbonyl (C=O) groups excluding carboxylic acids is 2. The predicted octanol–water partition coefficient (Wildman–Crippen LogP) is 5.43. The highest BCUT2D eigenvalue weighted by atomic mass is 16.6. The first-order valence-electron chi connectivity index (χ1n) is 9.90. The Bertz CT molecular complexity index is 443. The minimum atomic E-state index is -0.601. The van der Waals surface area contributed by atoms with Crippen molar-refractivity contribution in [3.05, 3.63) is 0 Å². The first-order valence-corrected chi connectivity index (χ1v) is 9.90. The zero-order chi connectivity index (χ0) is 19.1. The summed E-state index contributed by atoms with van der Waals surface area (Å²) < 4.78 is 11.0. The molecule has 0 radical (unpaired) electrons. The third-order valence-electron chi connectivity index (χ3n) is 5.88. The number of hydrogen-bond acceptors (Lipinski definition) is 4. The zero-order valence-electron chi connectivity index (χ0n) is 17.2. The van der Waals surface area contributed by atoms with Crippen LogP contribution in [0.3, 0.4) is 0 Å². The molecular formula is C21H38O4. The fraction of sp³-hybridized carbons (Fsp3) is 0.905. The Kier molecular flexibility index (Phi) is 7.95. The third-order valence-corrected chi connectivity index (χ3v) is 5.88. The first kappa shape index (κ1) is 22.0. The van der Waals surface area contributed by atoms with E-state index in [1.165, 1.54) is 26.4 Å². The van der Waals surface area contributed by atoms with Crippen molar-refractivity contribution in [1.29, 1.82) is 0 Å². The molecule has 0 heterocycles. The molecule has 1 saturated carbocycles. The van der Waals surface area contributed by atoms with E-state index in [0.29, 0.717) is 12.8 Å². The lowest BCUT2D eigenvalue weighted by molar-refractivity contribution is -0.175. The highest BCUT2D eigenvalue weighted by Crippen LogP contribution is 2.37. The fourth-order valence-corrected chi connectivity index (χ4v) is 3.52. The number of ether oxygens (including phenoxy) is 2. The van der Waals surface area contributed by atoms with Gasteiger partial charge in [-0.2, -0.15) is 0 Å². The molecule has 0 spiro atoms. The van der Waals surface area contributed by atoms with Crippen molar-refractivity contribution < 1.29 is 19.1 Å². The molecular weight excluding hydrogens is 316 g/mol. The molecule has 0 aliphatic heterocycles. The van der Waals surface area contributed by atoms with Crippen LogP contribution >= 0.6 is 0 Å². The SMILES string of the molecule is CCC1(OC(=O)C(C)(C)CCC(C)(C)C(=O)OC)CCCCCCC1. The third kappa shape index (κ3) is 6.31. The maximum Gasteiger partial charge on any atom is 0.312 e. The van der Waals surface area contributed by atoms with Gasteiger partial charge < -0.3 is 9.47 Å². The normalized spacial score (nSPS) is 18.8. The number of rotatable bonds is 7. The van der Waals surface area contributed by atoms with Crippen LogP contribution < -0.4 is 0 Å². The monoisotopic (exact) mass is 354 g/mol. The molecule has 0 bridgehead atoms. The molecule has 0 aromatic rings. The van der Waals surface area contributed by atoms with Crippen molar-refractivity contribution in [2.45, 2.75) is 104 Å². The summed E-state index contributed by atoms with van der Waals surface area (Å²) in [5.74, 6) is -0.364. The lowest BCUT2D eigenvalue weighted by Gasteiger charge is -2.37. The molecule has 0 aromatic carbocycles. The Labute approximate surface area is 154 Å². The van der Waals surface area contributed by atoms with Crippen molar-refractivity contribution in [2.24, 2.45) is 10.8 Å².